The van der Waals surface area contributed by atoms with Gasteiger partial charge in [-0.2, -0.15) is 0 Å². The van der Waals surface area contributed by atoms with Gasteiger partial charge in [-0.25, -0.2) is 0 Å². The predicted molar refractivity (Wildman–Crippen MR) is 95.9 cm³/mol. The first-order chi connectivity index (χ1) is 12.1. The number of rotatable bonds is 12. The molecule has 7 heteroatoms. The van der Waals surface area contributed by atoms with Crippen molar-refractivity contribution in [2.45, 2.75) is 26.7 Å². The second-order valence-corrected chi connectivity index (χ2v) is 5.67. The van der Waals surface area contributed by atoms with Crippen molar-refractivity contribution in [3.8, 4) is 5.75 Å². The van der Waals surface area contributed by atoms with Crippen LogP contribution in [0.15, 0.2) is 24.3 Å². The van der Waals surface area contributed by atoms with E-state index in [1.807, 2.05) is 6.92 Å². The van der Waals surface area contributed by atoms with Crippen LogP contribution in [0.25, 0.3) is 0 Å². The molecule has 0 aliphatic heterocycles. The zero-order valence-corrected chi connectivity index (χ0v) is 15.6. The highest BCUT2D eigenvalue weighted by Crippen LogP contribution is 2.15. The quantitative estimate of drug-likeness (QED) is 0.417. The molecule has 1 rings (SSSR count). The SMILES string of the molecule is CCOCCCN(CCC(=O)OCC)C(=O)COc1ccc(Cl)cc1. The molecule has 0 unspecified atom stereocenters. The Kier molecular flexibility index (Phi) is 10.7. The average Bonchev–Trinajstić information content (AvgIpc) is 2.60. The van der Waals surface area contributed by atoms with E-state index in [0.29, 0.717) is 50.1 Å². The molecule has 1 aromatic carbocycles. The third-order valence-corrected chi connectivity index (χ3v) is 3.59. The molecule has 1 amide bonds. The fourth-order valence-electron chi connectivity index (χ4n) is 2.09. The van der Waals surface area contributed by atoms with Crippen molar-refractivity contribution in [3.05, 3.63) is 29.3 Å². The summed E-state index contributed by atoms with van der Waals surface area (Å²) in [6, 6.07) is 6.80. The maximum atomic E-state index is 12.4. The first-order valence-corrected chi connectivity index (χ1v) is 8.84. The van der Waals surface area contributed by atoms with Gasteiger partial charge in [-0.3, -0.25) is 9.59 Å². The van der Waals surface area contributed by atoms with Crippen molar-refractivity contribution < 1.29 is 23.8 Å². The Morgan fingerprint density at radius 1 is 1.08 bits per heavy atom. The molecule has 0 spiro atoms. The molecule has 0 saturated carbocycles. The number of halogens is 1. The van der Waals surface area contributed by atoms with Crippen molar-refractivity contribution in [1.29, 1.82) is 0 Å². The summed E-state index contributed by atoms with van der Waals surface area (Å²) in [4.78, 5) is 25.5. The van der Waals surface area contributed by atoms with E-state index in [2.05, 4.69) is 0 Å². The molecule has 0 saturated heterocycles. The topological polar surface area (TPSA) is 65.1 Å². The first kappa shape index (κ1) is 21.3. The van der Waals surface area contributed by atoms with Crippen molar-refractivity contribution >= 4 is 23.5 Å². The van der Waals surface area contributed by atoms with Crippen molar-refractivity contribution in [1.82, 2.24) is 4.90 Å². The molecule has 0 N–H and O–H groups in total. The summed E-state index contributed by atoms with van der Waals surface area (Å²) in [6.07, 6.45) is 0.860. The van der Waals surface area contributed by atoms with Crippen LogP contribution in [-0.2, 0) is 19.1 Å². The van der Waals surface area contributed by atoms with Crippen LogP contribution in [0.3, 0.4) is 0 Å². The Hall–Kier alpha value is -1.79. The van der Waals surface area contributed by atoms with Gasteiger partial charge in [-0.15, -0.1) is 0 Å². The minimum Gasteiger partial charge on any atom is -0.484 e. The van der Waals surface area contributed by atoms with Gasteiger partial charge in [-0.05, 0) is 44.5 Å². The molecule has 0 aliphatic rings. The van der Waals surface area contributed by atoms with Gasteiger partial charge in [0.2, 0.25) is 0 Å². The van der Waals surface area contributed by atoms with E-state index >= 15 is 0 Å². The summed E-state index contributed by atoms with van der Waals surface area (Å²) >= 11 is 5.82. The van der Waals surface area contributed by atoms with Crippen molar-refractivity contribution in [3.63, 3.8) is 0 Å². The molecule has 0 atom stereocenters. The van der Waals surface area contributed by atoms with Gasteiger partial charge in [0, 0.05) is 31.3 Å². The number of carbonyl (C=O) groups is 2. The minimum absolute atomic E-state index is 0.0981. The molecule has 0 heterocycles. The molecule has 1 aromatic rings. The molecule has 0 fully saturated rings. The number of esters is 1. The summed E-state index contributed by atoms with van der Waals surface area (Å²) in [6.45, 7) is 5.91. The molecular weight excluding hydrogens is 346 g/mol. The molecule has 0 bridgehead atoms. The number of amides is 1. The molecular formula is C18H26ClNO5. The van der Waals surface area contributed by atoms with E-state index in [9.17, 15) is 9.59 Å². The van der Waals surface area contributed by atoms with Crippen LogP contribution < -0.4 is 4.74 Å². The Balaban J connectivity index is 2.50. The van der Waals surface area contributed by atoms with E-state index in [1.165, 1.54) is 0 Å². The third-order valence-electron chi connectivity index (χ3n) is 3.34. The normalized spacial score (nSPS) is 10.4. The lowest BCUT2D eigenvalue weighted by atomic mass is 10.3. The van der Waals surface area contributed by atoms with Crippen LogP contribution in [0.1, 0.15) is 26.7 Å². The zero-order valence-electron chi connectivity index (χ0n) is 14.8. The van der Waals surface area contributed by atoms with Crippen LogP contribution in [0.2, 0.25) is 5.02 Å². The fraction of sp³-hybridized carbons (Fsp3) is 0.556. The second-order valence-electron chi connectivity index (χ2n) is 5.23. The maximum absolute atomic E-state index is 12.4. The first-order valence-electron chi connectivity index (χ1n) is 8.46. The van der Waals surface area contributed by atoms with Gasteiger partial charge in [0.25, 0.3) is 5.91 Å². The van der Waals surface area contributed by atoms with Crippen LogP contribution in [-0.4, -0.2) is 56.3 Å². The van der Waals surface area contributed by atoms with E-state index < -0.39 is 0 Å². The second kappa shape index (κ2) is 12.6. The molecule has 25 heavy (non-hydrogen) atoms. The zero-order chi connectivity index (χ0) is 18.5. The lowest BCUT2D eigenvalue weighted by molar-refractivity contribution is -0.144. The lowest BCUT2D eigenvalue weighted by Gasteiger charge is -2.22. The smallest absolute Gasteiger partial charge is 0.307 e. The third kappa shape index (κ3) is 9.31. The number of nitrogens with zero attached hydrogens (tertiary/aromatic N) is 1. The van der Waals surface area contributed by atoms with Gasteiger partial charge < -0.3 is 19.1 Å². The highest BCUT2D eigenvalue weighted by molar-refractivity contribution is 6.30. The predicted octanol–water partition coefficient (Wildman–Crippen LogP) is 2.93. The number of ether oxygens (including phenoxy) is 3. The minimum atomic E-state index is -0.316. The van der Waals surface area contributed by atoms with Gasteiger partial charge in [0.05, 0.1) is 13.0 Å². The number of hydrogen-bond acceptors (Lipinski definition) is 5. The summed E-state index contributed by atoms with van der Waals surface area (Å²) in [5, 5.41) is 0.602. The standard InChI is InChI=1S/C18H26ClNO5/c1-3-23-13-5-11-20(12-10-18(22)24-4-2)17(21)14-25-16-8-6-15(19)7-9-16/h6-9H,3-5,10-14H2,1-2H3. The Labute approximate surface area is 154 Å². The summed E-state index contributed by atoms with van der Waals surface area (Å²) in [5.74, 6) is 0.0666. The van der Waals surface area contributed by atoms with E-state index in [-0.39, 0.29) is 24.9 Å². The molecule has 6 nitrogen and oxygen atoms in total. The molecule has 0 aliphatic carbocycles. The highest BCUT2D eigenvalue weighted by atomic mass is 35.5. The van der Waals surface area contributed by atoms with Crippen molar-refractivity contribution in [2.75, 3.05) is 39.5 Å². The summed E-state index contributed by atoms with van der Waals surface area (Å²) in [7, 11) is 0. The maximum Gasteiger partial charge on any atom is 0.307 e. The fourth-order valence-corrected chi connectivity index (χ4v) is 2.22. The van der Waals surface area contributed by atoms with Crippen LogP contribution in [0.4, 0.5) is 0 Å². The number of benzene rings is 1. The molecule has 0 aromatic heterocycles. The van der Waals surface area contributed by atoms with Crippen LogP contribution in [0.5, 0.6) is 5.75 Å². The average molecular weight is 372 g/mol. The lowest BCUT2D eigenvalue weighted by Crippen LogP contribution is -2.37. The van der Waals surface area contributed by atoms with Gasteiger partial charge in [-0.1, -0.05) is 11.6 Å². The van der Waals surface area contributed by atoms with Gasteiger partial charge in [0.1, 0.15) is 5.75 Å². The van der Waals surface area contributed by atoms with Crippen LogP contribution >= 0.6 is 11.6 Å². The number of hydrogen-bond donors (Lipinski definition) is 0. The molecule has 140 valence electrons. The molecule has 0 radical (unpaired) electrons. The highest BCUT2D eigenvalue weighted by Gasteiger charge is 2.16. The van der Waals surface area contributed by atoms with E-state index in [0.717, 1.165) is 0 Å². The monoisotopic (exact) mass is 371 g/mol. The Bertz CT molecular complexity index is 521. The van der Waals surface area contributed by atoms with Crippen LogP contribution in [0, 0.1) is 0 Å². The van der Waals surface area contributed by atoms with E-state index in [1.54, 1.807) is 36.1 Å². The largest absolute Gasteiger partial charge is 0.484 e. The van der Waals surface area contributed by atoms with Gasteiger partial charge in [0.15, 0.2) is 6.61 Å². The Morgan fingerprint density at radius 3 is 2.44 bits per heavy atom. The Morgan fingerprint density at radius 2 is 1.80 bits per heavy atom. The van der Waals surface area contributed by atoms with Crippen molar-refractivity contribution in [2.24, 2.45) is 0 Å². The van der Waals surface area contributed by atoms with Gasteiger partial charge >= 0.3 is 5.97 Å². The van der Waals surface area contributed by atoms with E-state index in [4.69, 9.17) is 25.8 Å². The number of carbonyl (C=O) groups excluding carboxylic acids is 2. The summed E-state index contributed by atoms with van der Waals surface area (Å²) in [5.41, 5.74) is 0. The summed E-state index contributed by atoms with van der Waals surface area (Å²) < 4.78 is 15.7.